The number of aliphatic carboxylic acids is 1. The Balaban J connectivity index is 1.80. The summed E-state index contributed by atoms with van der Waals surface area (Å²) in [5.74, 6) is -1.00. The molecule has 7 heteroatoms. The number of carbonyl (C=O) groups excluding carboxylic acids is 1. The minimum Gasteiger partial charge on any atom is -0.480 e. The number of carboxylic acids is 1. The van der Waals surface area contributed by atoms with Gasteiger partial charge in [0.05, 0.1) is 6.54 Å². The number of thiazole rings is 1. The van der Waals surface area contributed by atoms with Gasteiger partial charge in [0.2, 0.25) is 0 Å². The minimum absolute atomic E-state index is 0.293. The molecular formula is C14H13N3O3S. The highest BCUT2D eigenvalue weighted by Crippen LogP contribution is 2.32. The number of carboxylic acid groups (broad SMARTS) is 1. The molecule has 2 aromatic rings. The van der Waals surface area contributed by atoms with Crippen molar-refractivity contribution in [2.75, 3.05) is 4.90 Å². The molecule has 1 atom stereocenters. The SMILES string of the molecule is O=C(O)C1Cc2ccccc2N1C(=O)NCc1nccs1. The fourth-order valence-corrected chi connectivity index (χ4v) is 2.97. The zero-order valence-corrected chi connectivity index (χ0v) is 11.8. The first-order valence-corrected chi connectivity index (χ1v) is 7.31. The van der Waals surface area contributed by atoms with E-state index < -0.39 is 18.0 Å². The third-order valence-corrected chi connectivity index (χ3v) is 4.13. The van der Waals surface area contributed by atoms with Gasteiger partial charge in [0.1, 0.15) is 11.0 Å². The Morgan fingerprint density at radius 1 is 1.43 bits per heavy atom. The van der Waals surface area contributed by atoms with Crippen LogP contribution in [-0.4, -0.2) is 28.1 Å². The van der Waals surface area contributed by atoms with Gasteiger partial charge in [0, 0.05) is 23.7 Å². The zero-order chi connectivity index (χ0) is 14.8. The van der Waals surface area contributed by atoms with Crippen LogP contribution in [0.3, 0.4) is 0 Å². The molecule has 1 aliphatic heterocycles. The Morgan fingerprint density at radius 3 is 2.95 bits per heavy atom. The van der Waals surface area contributed by atoms with Crippen LogP contribution in [0.5, 0.6) is 0 Å². The van der Waals surface area contributed by atoms with Gasteiger partial charge in [0.25, 0.3) is 0 Å². The number of para-hydroxylation sites is 1. The van der Waals surface area contributed by atoms with Crippen LogP contribution in [0.4, 0.5) is 10.5 Å². The molecule has 0 radical (unpaired) electrons. The second kappa shape index (κ2) is 5.53. The van der Waals surface area contributed by atoms with E-state index in [1.54, 1.807) is 18.3 Å². The molecule has 1 unspecified atom stereocenters. The zero-order valence-electron chi connectivity index (χ0n) is 11.0. The molecule has 3 rings (SSSR count). The quantitative estimate of drug-likeness (QED) is 0.907. The second-order valence-corrected chi connectivity index (χ2v) is 5.62. The van der Waals surface area contributed by atoms with E-state index in [4.69, 9.17) is 0 Å². The van der Waals surface area contributed by atoms with Gasteiger partial charge in [-0.05, 0) is 11.6 Å². The molecule has 2 N–H and O–H groups in total. The first kappa shape index (κ1) is 13.6. The van der Waals surface area contributed by atoms with Gasteiger partial charge in [-0.1, -0.05) is 18.2 Å². The largest absolute Gasteiger partial charge is 0.480 e. The minimum atomic E-state index is -1.00. The predicted octanol–water partition coefficient (Wildman–Crippen LogP) is 1.87. The number of nitrogens with zero attached hydrogens (tertiary/aromatic N) is 2. The number of hydrogen-bond donors (Lipinski definition) is 2. The standard InChI is InChI=1S/C14H13N3O3S/c18-13(19)11-7-9-3-1-2-4-10(9)17(11)14(20)16-8-12-15-5-6-21-12/h1-6,11H,7-8H2,(H,16,20)(H,18,19). The van der Waals surface area contributed by atoms with Crippen LogP contribution in [0.15, 0.2) is 35.8 Å². The van der Waals surface area contributed by atoms with Crippen molar-refractivity contribution in [2.45, 2.75) is 19.0 Å². The predicted molar refractivity (Wildman–Crippen MR) is 78.4 cm³/mol. The summed E-state index contributed by atoms with van der Waals surface area (Å²) in [6, 6.07) is 5.97. The maximum Gasteiger partial charge on any atom is 0.327 e. The van der Waals surface area contributed by atoms with Crippen LogP contribution < -0.4 is 10.2 Å². The van der Waals surface area contributed by atoms with E-state index in [1.807, 2.05) is 17.5 Å². The number of anilines is 1. The molecule has 0 aliphatic carbocycles. The molecule has 2 heterocycles. The molecule has 0 bridgehead atoms. The molecule has 108 valence electrons. The number of nitrogens with one attached hydrogen (secondary N) is 1. The first-order chi connectivity index (χ1) is 10.2. The van der Waals surface area contributed by atoms with Gasteiger partial charge >= 0.3 is 12.0 Å². The lowest BCUT2D eigenvalue weighted by molar-refractivity contribution is -0.138. The molecule has 1 aromatic carbocycles. The summed E-state index contributed by atoms with van der Waals surface area (Å²) in [6.45, 7) is 0.293. The van der Waals surface area contributed by atoms with Crippen molar-refractivity contribution in [2.24, 2.45) is 0 Å². The monoisotopic (exact) mass is 303 g/mol. The second-order valence-electron chi connectivity index (χ2n) is 4.64. The lowest BCUT2D eigenvalue weighted by atomic mass is 10.1. The van der Waals surface area contributed by atoms with Crippen LogP contribution in [0, 0.1) is 0 Å². The van der Waals surface area contributed by atoms with Crippen molar-refractivity contribution in [3.63, 3.8) is 0 Å². The molecular weight excluding hydrogens is 290 g/mol. The highest BCUT2D eigenvalue weighted by molar-refractivity contribution is 7.09. The molecule has 0 fully saturated rings. The summed E-state index contributed by atoms with van der Waals surface area (Å²) in [6.07, 6.45) is 1.99. The van der Waals surface area contributed by atoms with E-state index in [0.717, 1.165) is 10.6 Å². The molecule has 1 aliphatic rings. The number of aromatic nitrogens is 1. The van der Waals surface area contributed by atoms with Gasteiger partial charge in [-0.3, -0.25) is 4.90 Å². The van der Waals surface area contributed by atoms with Crippen LogP contribution in [0.2, 0.25) is 0 Å². The van der Waals surface area contributed by atoms with Crippen LogP contribution in [-0.2, 0) is 17.8 Å². The van der Waals surface area contributed by atoms with E-state index in [0.29, 0.717) is 18.7 Å². The number of rotatable bonds is 3. The number of carbonyl (C=O) groups is 2. The van der Waals surface area contributed by atoms with Gasteiger partial charge in [-0.2, -0.15) is 0 Å². The Labute approximate surface area is 125 Å². The van der Waals surface area contributed by atoms with Crippen molar-refractivity contribution in [3.05, 3.63) is 46.4 Å². The molecule has 0 spiro atoms. The molecule has 1 aromatic heterocycles. The third kappa shape index (κ3) is 2.59. The number of hydrogen-bond acceptors (Lipinski definition) is 4. The fraction of sp³-hybridized carbons (Fsp3) is 0.214. The topological polar surface area (TPSA) is 82.5 Å². The summed E-state index contributed by atoms with van der Waals surface area (Å²) in [4.78, 5) is 29.1. The average Bonchev–Trinajstić information content (AvgIpc) is 3.11. The van der Waals surface area contributed by atoms with Crippen LogP contribution in [0.25, 0.3) is 0 Å². The Bertz CT molecular complexity index is 672. The highest BCUT2D eigenvalue weighted by atomic mass is 32.1. The van der Waals surface area contributed by atoms with Crippen molar-refractivity contribution in [1.82, 2.24) is 10.3 Å². The maximum atomic E-state index is 12.3. The number of urea groups is 1. The summed E-state index contributed by atoms with van der Waals surface area (Å²) < 4.78 is 0. The summed E-state index contributed by atoms with van der Waals surface area (Å²) >= 11 is 1.44. The number of benzene rings is 1. The third-order valence-electron chi connectivity index (χ3n) is 3.35. The Kier molecular flexibility index (Phi) is 3.57. The molecule has 2 amide bonds. The molecule has 0 saturated carbocycles. The van der Waals surface area contributed by atoms with Crippen molar-refractivity contribution < 1.29 is 14.7 Å². The molecule has 6 nitrogen and oxygen atoms in total. The Morgan fingerprint density at radius 2 is 2.24 bits per heavy atom. The van der Waals surface area contributed by atoms with E-state index in [1.165, 1.54) is 16.2 Å². The van der Waals surface area contributed by atoms with Gasteiger partial charge < -0.3 is 10.4 Å². The van der Waals surface area contributed by atoms with Crippen molar-refractivity contribution in [1.29, 1.82) is 0 Å². The summed E-state index contributed by atoms with van der Waals surface area (Å²) in [7, 11) is 0. The maximum absolute atomic E-state index is 12.3. The van der Waals surface area contributed by atoms with Crippen molar-refractivity contribution >= 4 is 29.0 Å². The fourth-order valence-electron chi connectivity index (χ4n) is 2.41. The smallest absolute Gasteiger partial charge is 0.327 e. The van der Waals surface area contributed by atoms with Crippen LogP contribution >= 0.6 is 11.3 Å². The lowest BCUT2D eigenvalue weighted by Crippen LogP contribution is -2.47. The highest BCUT2D eigenvalue weighted by Gasteiger charge is 2.38. The van der Waals surface area contributed by atoms with Crippen molar-refractivity contribution in [3.8, 4) is 0 Å². The van der Waals surface area contributed by atoms with E-state index in [-0.39, 0.29) is 0 Å². The Hall–Kier alpha value is -2.41. The number of fused-ring (bicyclic) bond motifs is 1. The normalized spacial score (nSPS) is 16.6. The molecule has 0 saturated heterocycles. The van der Waals surface area contributed by atoms with E-state index >= 15 is 0 Å². The van der Waals surface area contributed by atoms with Gasteiger partial charge in [-0.15, -0.1) is 11.3 Å². The number of amides is 2. The van der Waals surface area contributed by atoms with Gasteiger partial charge in [0.15, 0.2) is 0 Å². The average molecular weight is 303 g/mol. The molecule has 21 heavy (non-hydrogen) atoms. The summed E-state index contributed by atoms with van der Waals surface area (Å²) in [5, 5.41) is 14.7. The van der Waals surface area contributed by atoms with Gasteiger partial charge in [-0.25, -0.2) is 14.6 Å². The first-order valence-electron chi connectivity index (χ1n) is 6.43. The van der Waals surface area contributed by atoms with E-state index in [9.17, 15) is 14.7 Å². The summed E-state index contributed by atoms with van der Waals surface area (Å²) in [5.41, 5.74) is 1.52. The van der Waals surface area contributed by atoms with E-state index in [2.05, 4.69) is 10.3 Å². The lowest BCUT2D eigenvalue weighted by Gasteiger charge is -2.22. The van der Waals surface area contributed by atoms with Crippen LogP contribution in [0.1, 0.15) is 10.6 Å².